The summed E-state index contributed by atoms with van der Waals surface area (Å²) in [6.07, 6.45) is -5.27. The molecule has 0 unspecified atom stereocenters. The third kappa shape index (κ3) is 3.93. The van der Waals surface area contributed by atoms with Crippen molar-refractivity contribution in [2.75, 3.05) is 6.61 Å². The first-order chi connectivity index (χ1) is 6.40. The fourth-order valence-corrected chi connectivity index (χ4v) is 0.819. The Bertz CT molecular complexity index is 214. The highest BCUT2D eigenvalue weighted by Crippen LogP contribution is 2.04. The van der Waals surface area contributed by atoms with Crippen LogP contribution in [0.15, 0.2) is 0 Å². The van der Waals surface area contributed by atoms with Crippen molar-refractivity contribution in [1.82, 2.24) is 0 Å². The van der Waals surface area contributed by atoms with E-state index < -0.39 is 42.9 Å². The van der Waals surface area contributed by atoms with Crippen molar-refractivity contribution in [1.29, 1.82) is 0 Å². The quantitative estimate of drug-likeness (QED) is 0.360. The fraction of sp³-hybridized carbons (Fsp3) is 0.750. The van der Waals surface area contributed by atoms with Crippen LogP contribution in [-0.4, -0.2) is 56.9 Å². The van der Waals surface area contributed by atoms with Crippen molar-refractivity contribution in [3.05, 3.63) is 0 Å². The van der Waals surface area contributed by atoms with Gasteiger partial charge in [-0.15, -0.1) is 0 Å². The number of aliphatic hydroxyl groups excluding tert-OH is 4. The molecular weight excluding hydrogens is 192 g/mol. The van der Waals surface area contributed by atoms with Gasteiger partial charge in [0.2, 0.25) is 5.78 Å². The number of carbonyl (C=O) groups excluding carboxylic acids is 2. The number of carbonyl (C=O) groups is 2. The molecule has 0 aliphatic rings. The van der Waals surface area contributed by atoms with Gasteiger partial charge >= 0.3 is 0 Å². The normalized spacial score (nSPS) is 17.2. The molecule has 0 saturated heterocycles. The van der Waals surface area contributed by atoms with Crippen LogP contribution in [-0.2, 0) is 9.59 Å². The number of hydrogen-bond acceptors (Lipinski definition) is 6. The molecule has 0 aromatic heterocycles. The third-order valence-electron chi connectivity index (χ3n) is 1.76. The van der Waals surface area contributed by atoms with E-state index in [1.54, 1.807) is 0 Å². The topological polar surface area (TPSA) is 115 Å². The molecule has 0 rings (SSSR count). The van der Waals surface area contributed by atoms with Crippen LogP contribution in [0.1, 0.15) is 13.3 Å². The van der Waals surface area contributed by atoms with E-state index in [0.717, 1.165) is 6.92 Å². The number of hydrogen-bond donors (Lipinski definition) is 4. The second kappa shape index (κ2) is 5.82. The first kappa shape index (κ1) is 13.2. The summed E-state index contributed by atoms with van der Waals surface area (Å²) in [5, 5.41) is 35.6. The van der Waals surface area contributed by atoms with Gasteiger partial charge in [-0.05, 0) is 0 Å². The summed E-state index contributed by atoms with van der Waals surface area (Å²) in [5.41, 5.74) is 0. The van der Waals surface area contributed by atoms with Gasteiger partial charge in [-0.2, -0.15) is 0 Å². The van der Waals surface area contributed by atoms with Crippen LogP contribution in [0, 0.1) is 0 Å². The second-order valence-electron chi connectivity index (χ2n) is 2.99. The first-order valence-corrected chi connectivity index (χ1v) is 4.09. The SMILES string of the molecule is CC(=O)C(=O)C[C@@H](O)[C@@H](O)[C@H](O)CO. The molecule has 0 saturated carbocycles. The lowest BCUT2D eigenvalue weighted by atomic mass is 10.0. The largest absolute Gasteiger partial charge is 0.394 e. The van der Waals surface area contributed by atoms with Crippen LogP contribution in [0.3, 0.4) is 0 Å². The fourth-order valence-electron chi connectivity index (χ4n) is 0.819. The molecular formula is C8H14O6. The summed E-state index contributed by atoms with van der Waals surface area (Å²) in [4.78, 5) is 21.3. The Morgan fingerprint density at radius 3 is 2.00 bits per heavy atom. The molecule has 0 aliphatic carbocycles. The van der Waals surface area contributed by atoms with Crippen molar-refractivity contribution in [2.45, 2.75) is 31.7 Å². The standard InChI is InChI=1S/C8H14O6/c1-4(10)5(11)2-6(12)8(14)7(13)3-9/h6-9,12-14H,2-3H2,1H3/t6-,7-,8-/m1/s1. The minimum absolute atomic E-state index is 0.562. The van der Waals surface area contributed by atoms with Crippen molar-refractivity contribution in [3.63, 3.8) is 0 Å². The van der Waals surface area contributed by atoms with E-state index in [4.69, 9.17) is 20.4 Å². The highest BCUT2D eigenvalue weighted by molar-refractivity contribution is 6.36. The first-order valence-electron chi connectivity index (χ1n) is 4.09. The molecule has 0 bridgehead atoms. The Morgan fingerprint density at radius 2 is 1.64 bits per heavy atom. The Morgan fingerprint density at radius 1 is 1.14 bits per heavy atom. The van der Waals surface area contributed by atoms with Crippen molar-refractivity contribution >= 4 is 11.6 Å². The number of ketones is 2. The Balaban J connectivity index is 4.13. The maximum atomic E-state index is 10.8. The lowest BCUT2D eigenvalue weighted by molar-refractivity contribution is -0.139. The Kier molecular flexibility index (Phi) is 5.47. The van der Waals surface area contributed by atoms with E-state index in [9.17, 15) is 9.59 Å². The minimum atomic E-state index is -1.64. The Hall–Kier alpha value is -0.820. The molecule has 0 fully saturated rings. The molecule has 0 spiro atoms. The number of rotatable bonds is 6. The minimum Gasteiger partial charge on any atom is -0.394 e. The molecule has 0 heterocycles. The van der Waals surface area contributed by atoms with Gasteiger partial charge in [0.15, 0.2) is 5.78 Å². The molecule has 0 amide bonds. The van der Waals surface area contributed by atoms with Gasteiger partial charge in [-0.25, -0.2) is 0 Å². The lowest BCUT2D eigenvalue weighted by Crippen LogP contribution is -2.41. The molecule has 4 N–H and O–H groups in total. The van der Waals surface area contributed by atoms with E-state index in [1.165, 1.54) is 0 Å². The van der Waals surface area contributed by atoms with Crippen LogP contribution in [0.5, 0.6) is 0 Å². The molecule has 82 valence electrons. The summed E-state index contributed by atoms with van der Waals surface area (Å²) >= 11 is 0. The maximum absolute atomic E-state index is 10.8. The van der Waals surface area contributed by atoms with E-state index >= 15 is 0 Å². The third-order valence-corrected chi connectivity index (χ3v) is 1.76. The summed E-state index contributed by atoms with van der Waals surface area (Å²) in [5.74, 6) is -1.56. The summed E-state index contributed by atoms with van der Waals surface area (Å²) in [7, 11) is 0. The molecule has 6 nitrogen and oxygen atoms in total. The lowest BCUT2D eigenvalue weighted by Gasteiger charge is -2.20. The predicted octanol–water partition coefficient (Wildman–Crippen LogP) is -2.39. The summed E-state index contributed by atoms with van der Waals surface area (Å²) in [6.45, 7) is 0.316. The summed E-state index contributed by atoms with van der Waals surface area (Å²) in [6, 6.07) is 0. The van der Waals surface area contributed by atoms with Gasteiger partial charge in [0.25, 0.3) is 0 Å². The summed E-state index contributed by atoms with van der Waals surface area (Å²) < 4.78 is 0. The van der Waals surface area contributed by atoms with Gasteiger partial charge in [0.05, 0.1) is 12.7 Å². The van der Waals surface area contributed by atoms with Crippen LogP contribution >= 0.6 is 0 Å². The van der Waals surface area contributed by atoms with E-state index in [1.807, 2.05) is 0 Å². The molecule has 0 aromatic carbocycles. The monoisotopic (exact) mass is 206 g/mol. The van der Waals surface area contributed by atoms with Crippen LogP contribution in [0.25, 0.3) is 0 Å². The average Bonchev–Trinajstić information content (AvgIpc) is 2.14. The highest BCUT2D eigenvalue weighted by atomic mass is 16.4. The average molecular weight is 206 g/mol. The molecule has 6 heteroatoms. The molecule has 3 atom stereocenters. The number of Topliss-reactive ketones (excluding diaryl/α,β-unsaturated/α-hetero) is 2. The second-order valence-corrected chi connectivity index (χ2v) is 2.99. The van der Waals surface area contributed by atoms with E-state index in [-0.39, 0.29) is 0 Å². The van der Waals surface area contributed by atoms with Gasteiger partial charge < -0.3 is 20.4 Å². The maximum Gasteiger partial charge on any atom is 0.200 e. The Labute approximate surface area is 80.8 Å². The molecule has 0 aromatic rings. The van der Waals surface area contributed by atoms with Gasteiger partial charge in [-0.3, -0.25) is 9.59 Å². The molecule has 0 aliphatic heterocycles. The zero-order chi connectivity index (χ0) is 11.3. The predicted molar refractivity (Wildman–Crippen MR) is 45.4 cm³/mol. The number of aliphatic hydroxyl groups is 4. The van der Waals surface area contributed by atoms with Gasteiger partial charge in [-0.1, -0.05) is 0 Å². The van der Waals surface area contributed by atoms with Crippen molar-refractivity contribution in [2.24, 2.45) is 0 Å². The van der Waals surface area contributed by atoms with E-state index in [0.29, 0.717) is 0 Å². The van der Waals surface area contributed by atoms with Crippen LogP contribution < -0.4 is 0 Å². The van der Waals surface area contributed by atoms with Crippen LogP contribution in [0.2, 0.25) is 0 Å². The smallest absolute Gasteiger partial charge is 0.200 e. The molecule has 0 radical (unpaired) electrons. The zero-order valence-corrected chi connectivity index (χ0v) is 7.75. The van der Waals surface area contributed by atoms with Crippen molar-refractivity contribution in [3.8, 4) is 0 Å². The highest BCUT2D eigenvalue weighted by Gasteiger charge is 2.26. The molecule has 14 heavy (non-hydrogen) atoms. The van der Waals surface area contributed by atoms with Gasteiger partial charge in [0.1, 0.15) is 12.2 Å². The zero-order valence-electron chi connectivity index (χ0n) is 7.75. The van der Waals surface area contributed by atoms with E-state index in [2.05, 4.69) is 0 Å². The van der Waals surface area contributed by atoms with Crippen LogP contribution in [0.4, 0.5) is 0 Å². The van der Waals surface area contributed by atoms with Crippen molar-refractivity contribution < 1.29 is 30.0 Å². The van der Waals surface area contributed by atoms with Gasteiger partial charge in [0, 0.05) is 13.3 Å².